The fourth-order valence-corrected chi connectivity index (χ4v) is 2.75. The van der Waals surface area contributed by atoms with E-state index in [9.17, 15) is 4.79 Å². The Bertz CT molecular complexity index is 635. The molecule has 0 saturated heterocycles. The molecule has 0 fully saturated rings. The van der Waals surface area contributed by atoms with E-state index in [1.54, 1.807) is 6.20 Å². The zero-order valence-corrected chi connectivity index (χ0v) is 13.2. The molecule has 0 unspecified atom stereocenters. The predicted octanol–water partition coefficient (Wildman–Crippen LogP) is 3.54. The Balaban J connectivity index is 2.50. The van der Waals surface area contributed by atoms with Gasteiger partial charge >= 0.3 is 0 Å². The van der Waals surface area contributed by atoms with Gasteiger partial charge in [0, 0.05) is 31.7 Å². The fourth-order valence-electron chi connectivity index (χ4n) is 2.75. The third-order valence-electron chi connectivity index (χ3n) is 4.07. The highest BCUT2D eigenvalue weighted by atomic mass is 16.2. The molecule has 0 radical (unpaired) electrons. The average molecular weight is 285 g/mol. The van der Waals surface area contributed by atoms with Crippen LogP contribution in [0, 0.1) is 0 Å². The zero-order chi connectivity index (χ0) is 15.4. The SMILES string of the molecule is CCC(CC)N(C)C(=O)c1cnc(NC)c2ccccc12. The lowest BCUT2D eigenvalue weighted by molar-refractivity contribution is 0.0725. The number of pyridine rings is 1. The van der Waals surface area contributed by atoms with Crippen molar-refractivity contribution in [1.82, 2.24) is 9.88 Å². The van der Waals surface area contributed by atoms with Crippen LogP contribution in [0.25, 0.3) is 10.8 Å². The Morgan fingerprint density at radius 2 is 1.86 bits per heavy atom. The van der Waals surface area contributed by atoms with Gasteiger partial charge in [0.1, 0.15) is 5.82 Å². The van der Waals surface area contributed by atoms with Crippen molar-refractivity contribution in [3.63, 3.8) is 0 Å². The van der Waals surface area contributed by atoms with Crippen LogP contribution in [0.3, 0.4) is 0 Å². The first-order valence-electron chi connectivity index (χ1n) is 7.46. The minimum absolute atomic E-state index is 0.0371. The van der Waals surface area contributed by atoms with Crippen molar-refractivity contribution in [3.05, 3.63) is 36.0 Å². The number of nitrogens with one attached hydrogen (secondary N) is 1. The van der Waals surface area contributed by atoms with Gasteiger partial charge in [-0.25, -0.2) is 4.98 Å². The third kappa shape index (κ3) is 2.84. The second-order valence-corrected chi connectivity index (χ2v) is 5.20. The number of hydrogen-bond donors (Lipinski definition) is 1. The van der Waals surface area contributed by atoms with E-state index in [1.807, 2.05) is 43.3 Å². The molecular formula is C17H23N3O. The second kappa shape index (κ2) is 6.57. The van der Waals surface area contributed by atoms with Gasteiger partial charge in [-0.05, 0) is 18.2 Å². The molecule has 21 heavy (non-hydrogen) atoms. The Morgan fingerprint density at radius 3 is 2.43 bits per heavy atom. The van der Waals surface area contributed by atoms with Crippen LogP contribution in [-0.2, 0) is 0 Å². The maximum atomic E-state index is 12.8. The van der Waals surface area contributed by atoms with Gasteiger partial charge in [-0.2, -0.15) is 0 Å². The number of amides is 1. The summed E-state index contributed by atoms with van der Waals surface area (Å²) in [5.41, 5.74) is 0.666. The van der Waals surface area contributed by atoms with Crippen molar-refractivity contribution in [1.29, 1.82) is 0 Å². The van der Waals surface area contributed by atoms with Crippen molar-refractivity contribution < 1.29 is 4.79 Å². The molecule has 0 aliphatic carbocycles. The highest BCUT2D eigenvalue weighted by molar-refractivity contribution is 6.09. The first-order chi connectivity index (χ1) is 10.1. The highest BCUT2D eigenvalue weighted by Gasteiger charge is 2.21. The summed E-state index contributed by atoms with van der Waals surface area (Å²) in [6.45, 7) is 4.22. The lowest BCUT2D eigenvalue weighted by Crippen LogP contribution is -2.36. The smallest absolute Gasteiger partial charge is 0.256 e. The van der Waals surface area contributed by atoms with Gasteiger partial charge in [0.25, 0.3) is 5.91 Å². The molecule has 112 valence electrons. The maximum Gasteiger partial charge on any atom is 0.256 e. The van der Waals surface area contributed by atoms with E-state index < -0.39 is 0 Å². The molecule has 1 heterocycles. The quantitative estimate of drug-likeness (QED) is 0.914. The fraction of sp³-hybridized carbons (Fsp3) is 0.412. The lowest BCUT2D eigenvalue weighted by atomic mass is 10.0. The Morgan fingerprint density at radius 1 is 1.24 bits per heavy atom. The van der Waals surface area contributed by atoms with Gasteiger partial charge in [-0.15, -0.1) is 0 Å². The average Bonchev–Trinajstić information content (AvgIpc) is 2.54. The van der Waals surface area contributed by atoms with Crippen LogP contribution in [0.2, 0.25) is 0 Å². The number of hydrogen-bond acceptors (Lipinski definition) is 3. The number of nitrogens with zero attached hydrogens (tertiary/aromatic N) is 2. The summed E-state index contributed by atoms with van der Waals surface area (Å²) >= 11 is 0. The van der Waals surface area contributed by atoms with Gasteiger partial charge in [0.2, 0.25) is 0 Å². The van der Waals surface area contributed by atoms with Crippen LogP contribution < -0.4 is 5.32 Å². The Kier molecular flexibility index (Phi) is 4.78. The standard InChI is InChI=1S/C17H23N3O/c1-5-12(6-2)20(4)17(21)15-11-19-16(18-3)14-10-8-7-9-13(14)15/h7-12H,5-6H2,1-4H3,(H,18,19). The molecule has 0 aliphatic heterocycles. The van der Waals surface area contributed by atoms with Gasteiger partial charge in [-0.1, -0.05) is 38.1 Å². The topological polar surface area (TPSA) is 45.2 Å². The Hall–Kier alpha value is -2.10. The molecule has 2 rings (SSSR count). The minimum Gasteiger partial charge on any atom is -0.373 e. The summed E-state index contributed by atoms with van der Waals surface area (Å²) < 4.78 is 0. The molecule has 4 nitrogen and oxygen atoms in total. The molecule has 4 heteroatoms. The van der Waals surface area contributed by atoms with Crippen molar-refractivity contribution in [2.24, 2.45) is 0 Å². The number of anilines is 1. The van der Waals surface area contributed by atoms with E-state index in [1.165, 1.54) is 0 Å². The maximum absolute atomic E-state index is 12.8. The minimum atomic E-state index is 0.0371. The first kappa shape index (κ1) is 15.3. The van der Waals surface area contributed by atoms with Crippen LogP contribution in [-0.4, -0.2) is 35.9 Å². The Labute approximate surface area is 126 Å². The van der Waals surface area contributed by atoms with E-state index in [0.29, 0.717) is 5.56 Å². The van der Waals surface area contributed by atoms with E-state index in [0.717, 1.165) is 29.4 Å². The molecule has 0 atom stereocenters. The van der Waals surface area contributed by atoms with Crippen molar-refractivity contribution in [2.75, 3.05) is 19.4 Å². The summed E-state index contributed by atoms with van der Waals surface area (Å²) in [5.74, 6) is 0.836. The predicted molar refractivity (Wildman–Crippen MR) is 87.8 cm³/mol. The van der Waals surface area contributed by atoms with E-state index in [-0.39, 0.29) is 11.9 Å². The van der Waals surface area contributed by atoms with E-state index in [4.69, 9.17) is 0 Å². The first-order valence-corrected chi connectivity index (χ1v) is 7.46. The molecule has 0 bridgehead atoms. The number of rotatable bonds is 5. The summed E-state index contributed by atoms with van der Waals surface area (Å²) in [6.07, 6.45) is 3.59. The normalized spacial score (nSPS) is 10.9. The van der Waals surface area contributed by atoms with Gasteiger partial charge in [-0.3, -0.25) is 4.79 Å². The van der Waals surface area contributed by atoms with Gasteiger partial charge in [0.05, 0.1) is 5.56 Å². The van der Waals surface area contributed by atoms with Crippen LogP contribution >= 0.6 is 0 Å². The molecule has 1 amide bonds. The summed E-state index contributed by atoms with van der Waals surface area (Å²) in [4.78, 5) is 19.0. The van der Waals surface area contributed by atoms with Crippen molar-refractivity contribution >= 4 is 22.5 Å². The van der Waals surface area contributed by atoms with Crippen LogP contribution in [0.5, 0.6) is 0 Å². The second-order valence-electron chi connectivity index (χ2n) is 5.20. The molecule has 1 N–H and O–H groups in total. The zero-order valence-electron chi connectivity index (χ0n) is 13.2. The van der Waals surface area contributed by atoms with E-state index in [2.05, 4.69) is 24.1 Å². The summed E-state index contributed by atoms with van der Waals surface area (Å²) in [7, 11) is 3.72. The van der Waals surface area contributed by atoms with Gasteiger partial charge in [0.15, 0.2) is 0 Å². The molecule has 0 spiro atoms. The number of carbonyl (C=O) groups is 1. The number of carbonyl (C=O) groups excluding carboxylic acids is 1. The van der Waals surface area contributed by atoms with Gasteiger partial charge < -0.3 is 10.2 Å². The number of benzene rings is 1. The lowest BCUT2D eigenvalue weighted by Gasteiger charge is -2.26. The van der Waals surface area contributed by atoms with E-state index >= 15 is 0 Å². The van der Waals surface area contributed by atoms with Crippen LogP contribution in [0.4, 0.5) is 5.82 Å². The monoisotopic (exact) mass is 285 g/mol. The van der Waals surface area contributed by atoms with Crippen LogP contribution in [0.1, 0.15) is 37.0 Å². The molecule has 0 aliphatic rings. The van der Waals surface area contributed by atoms with Crippen molar-refractivity contribution in [2.45, 2.75) is 32.7 Å². The third-order valence-corrected chi connectivity index (χ3v) is 4.07. The van der Waals surface area contributed by atoms with Crippen LogP contribution in [0.15, 0.2) is 30.5 Å². The number of fused-ring (bicyclic) bond motifs is 1. The summed E-state index contributed by atoms with van der Waals surface area (Å²) in [6, 6.07) is 8.15. The molecule has 0 saturated carbocycles. The molecular weight excluding hydrogens is 262 g/mol. The summed E-state index contributed by atoms with van der Waals surface area (Å²) in [5, 5.41) is 4.99. The van der Waals surface area contributed by atoms with Crippen molar-refractivity contribution in [3.8, 4) is 0 Å². The number of aromatic nitrogens is 1. The molecule has 1 aromatic heterocycles. The molecule has 1 aromatic carbocycles. The largest absolute Gasteiger partial charge is 0.373 e. The highest BCUT2D eigenvalue weighted by Crippen LogP contribution is 2.25. The molecule has 2 aromatic rings.